The van der Waals surface area contributed by atoms with Crippen molar-refractivity contribution in [3.63, 3.8) is 0 Å². The molecule has 0 saturated heterocycles. The molecule has 0 heterocycles. The lowest BCUT2D eigenvalue weighted by atomic mass is 10.1. The van der Waals surface area contributed by atoms with E-state index in [1.807, 2.05) is 19.1 Å². The largest absolute Gasteiger partial charge is 0.0991 e. The van der Waals surface area contributed by atoms with Gasteiger partial charge in [-0.25, -0.2) is 0 Å². The molecule has 0 heteroatoms. The molecule has 0 saturated carbocycles. The predicted molar refractivity (Wildman–Crippen MR) is 43.3 cm³/mol. The fraction of sp³-hybridized carbons (Fsp3) is 0.111. The standard InChI is InChI=1S/C9H12/c1-5-6-7-9(4)8(2)3/h5-7H,1-2,4H2,3H3/b7-6-. The van der Waals surface area contributed by atoms with Gasteiger partial charge in [0.15, 0.2) is 0 Å². The van der Waals surface area contributed by atoms with Gasteiger partial charge in [0.25, 0.3) is 0 Å². The Labute approximate surface area is 56.9 Å². The van der Waals surface area contributed by atoms with Crippen LogP contribution in [0.4, 0.5) is 0 Å². The Morgan fingerprint density at radius 1 is 1.33 bits per heavy atom. The molecule has 0 aliphatic heterocycles. The van der Waals surface area contributed by atoms with Gasteiger partial charge >= 0.3 is 0 Å². The van der Waals surface area contributed by atoms with Crippen molar-refractivity contribution in [2.45, 2.75) is 6.92 Å². The summed E-state index contributed by atoms with van der Waals surface area (Å²) in [6.07, 6.45) is 5.44. The van der Waals surface area contributed by atoms with Crippen LogP contribution in [-0.4, -0.2) is 0 Å². The second-order valence-corrected chi connectivity index (χ2v) is 1.90. The van der Waals surface area contributed by atoms with Crippen LogP contribution in [0.1, 0.15) is 6.92 Å². The van der Waals surface area contributed by atoms with E-state index < -0.39 is 0 Å². The van der Waals surface area contributed by atoms with Gasteiger partial charge in [-0.05, 0) is 12.5 Å². The van der Waals surface area contributed by atoms with E-state index in [9.17, 15) is 0 Å². The van der Waals surface area contributed by atoms with E-state index in [1.54, 1.807) is 6.08 Å². The summed E-state index contributed by atoms with van der Waals surface area (Å²) in [6, 6.07) is 0. The topological polar surface area (TPSA) is 0 Å². The molecule has 0 N–H and O–H groups in total. The van der Waals surface area contributed by atoms with Gasteiger partial charge < -0.3 is 0 Å². The lowest BCUT2D eigenvalue weighted by Crippen LogP contribution is -1.72. The van der Waals surface area contributed by atoms with E-state index in [0.29, 0.717) is 0 Å². The first kappa shape index (κ1) is 7.96. The second-order valence-electron chi connectivity index (χ2n) is 1.90. The molecule has 0 rings (SSSR count). The zero-order valence-electron chi connectivity index (χ0n) is 5.85. The molecule has 0 radical (unpaired) electrons. The molecule has 0 bridgehead atoms. The SMILES string of the molecule is C=C/C=C\C(=C)C(=C)C. The quantitative estimate of drug-likeness (QED) is 0.502. The Morgan fingerprint density at radius 3 is 2.22 bits per heavy atom. The first-order valence-electron chi connectivity index (χ1n) is 2.82. The minimum Gasteiger partial charge on any atom is -0.0991 e. The van der Waals surface area contributed by atoms with Crippen LogP contribution < -0.4 is 0 Å². The first-order chi connectivity index (χ1) is 4.18. The summed E-state index contributed by atoms with van der Waals surface area (Å²) in [6.45, 7) is 12.9. The average Bonchev–Trinajstić information content (AvgIpc) is 1.82. The molecule has 0 aromatic carbocycles. The molecule has 0 nitrogen and oxygen atoms in total. The first-order valence-corrected chi connectivity index (χ1v) is 2.82. The van der Waals surface area contributed by atoms with Crippen molar-refractivity contribution in [2.24, 2.45) is 0 Å². The number of hydrogen-bond donors (Lipinski definition) is 0. The Kier molecular flexibility index (Phi) is 3.45. The van der Waals surface area contributed by atoms with E-state index in [1.165, 1.54) is 0 Å². The minimum atomic E-state index is 0.954. The smallest absolute Gasteiger partial charge is 0.0305 e. The molecule has 0 spiro atoms. The van der Waals surface area contributed by atoms with Crippen molar-refractivity contribution in [1.82, 2.24) is 0 Å². The monoisotopic (exact) mass is 120 g/mol. The molecule has 0 amide bonds. The lowest BCUT2D eigenvalue weighted by molar-refractivity contribution is 1.47. The fourth-order valence-corrected chi connectivity index (χ4v) is 0.326. The summed E-state index contributed by atoms with van der Waals surface area (Å²) < 4.78 is 0. The highest BCUT2D eigenvalue weighted by atomic mass is 13.9. The van der Waals surface area contributed by atoms with Crippen molar-refractivity contribution in [3.05, 3.63) is 49.1 Å². The molecule has 0 fully saturated rings. The third kappa shape index (κ3) is 3.53. The highest BCUT2D eigenvalue weighted by Gasteiger charge is 1.83. The van der Waals surface area contributed by atoms with E-state index in [4.69, 9.17) is 0 Å². The summed E-state index contributed by atoms with van der Waals surface area (Å²) in [7, 11) is 0. The summed E-state index contributed by atoms with van der Waals surface area (Å²) in [5.74, 6) is 0. The molecular formula is C9H12. The summed E-state index contributed by atoms with van der Waals surface area (Å²) in [4.78, 5) is 0. The summed E-state index contributed by atoms with van der Waals surface area (Å²) in [5.41, 5.74) is 1.95. The van der Waals surface area contributed by atoms with Crippen LogP contribution >= 0.6 is 0 Å². The third-order valence-corrected chi connectivity index (χ3v) is 0.982. The number of allylic oxidation sites excluding steroid dienone is 5. The van der Waals surface area contributed by atoms with Crippen LogP contribution in [-0.2, 0) is 0 Å². The van der Waals surface area contributed by atoms with E-state index >= 15 is 0 Å². The Balaban J connectivity index is 3.92. The second kappa shape index (κ2) is 3.90. The van der Waals surface area contributed by atoms with E-state index in [0.717, 1.165) is 11.1 Å². The van der Waals surface area contributed by atoms with Crippen molar-refractivity contribution in [3.8, 4) is 0 Å². The minimum absolute atomic E-state index is 0.954. The lowest BCUT2D eigenvalue weighted by Gasteiger charge is -1.92. The van der Waals surface area contributed by atoms with Gasteiger partial charge in [0.05, 0.1) is 0 Å². The van der Waals surface area contributed by atoms with Crippen LogP contribution in [0.5, 0.6) is 0 Å². The summed E-state index contributed by atoms with van der Waals surface area (Å²) >= 11 is 0. The van der Waals surface area contributed by atoms with Gasteiger partial charge in [-0.15, -0.1) is 0 Å². The molecular weight excluding hydrogens is 108 g/mol. The van der Waals surface area contributed by atoms with Crippen molar-refractivity contribution in [1.29, 1.82) is 0 Å². The highest BCUT2D eigenvalue weighted by Crippen LogP contribution is 2.03. The van der Waals surface area contributed by atoms with Crippen LogP contribution in [0.25, 0.3) is 0 Å². The molecule has 0 aromatic rings. The zero-order valence-corrected chi connectivity index (χ0v) is 5.85. The van der Waals surface area contributed by atoms with Crippen LogP contribution in [0, 0.1) is 0 Å². The molecule has 0 aliphatic carbocycles. The third-order valence-electron chi connectivity index (χ3n) is 0.982. The molecule has 9 heavy (non-hydrogen) atoms. The average molecular weight is 120 g/mol. The van der Waals surface area contributed by atoms with E-state index in [-0.39, 0.29) is 0 Å². The Hall–Kier alpha value is -1.04. The normalized spacial score (nSPS) is 9.44. The molecule has 0 aliphatic rings. The summed E-state index contributed by atoms with van der Waals surface area (Å²) in [5, 5.41) is 0. The van der Waals surface area contributed by atoms with Crippen LogP contribution in [0.15, 0.2) is 49.1 Å². The maximum Gasteiger partial charge on any atom is -0.0305 e. The van der Waals surface area contributed by atoms with Crippen LogP contribution in [0.2, 0.25) is 0 Å². The zero-order chi connectivity index (χ0) is 7.28. The van der Waals surface area contributed by atoms with Gasteiger partial charge in [0.2, 0.25) is 0 Å². The van der Waals surface area contributed by atoms with Gasteiger partial charge in [-0.3, -0.25) is 0 Å². The van der Waals surface area contributed by atoms with Gasteiger partial charge in [-0.1, -0.05) is 43.5 Å². The van der Waals surface area contributed by atoms with Crippen molar-refractivity contribution < 1.29 is 0 Å². The van der Waals surface area contributed by atoms with Crippen LogP contribution in [0.3, 0.4) is 0 Å². The predicted octanol–water partition coefficient (Wildman–Crippen LogP) is 2.86. The molecule has 48 valence electrons. The van der Waals surface area contributed by atoms with Gasteiger partial charge in [0.1, 0.15) is 0 Å². The highest BCUT2D eigenvalue weighted by molar-refractivity contribution is 5.34. The Morgan fingerprint density at radius 2 is 1.89 bits per heavy atom. The maximum atomic E-state index is 3.76. The van der Waals surface area contributed by atoms with Gasteiger partial charge in [-0.2, -0.15) is 0 Å². The molecule has 0 atom stereocenters. The van der Waals surface area contributed by atoms with Crippen molar-refractivity contribution >= 4 is 0 Å². The van der Waals surface area contributed by atoms with Gasteiger partial charge in [0, 0.05) is 0 Å². The fourth-order valence-electron chi connectivity index (χ4n) is 0.326. The van der Waals surface area contributed by atoms with E-state index in [2.05, 4.69) is 19.7 Å². The number of rotatable bonds is 3. The number of hydrogen-bond acceptors (Lipinski definition) is 0. The van der Waals surface area contributed by atoms with Crippen molar-refractivity contribution in [2.75, 3.05) is 0 Å². The Bertz CT molecular complexity index is 159. The molecule has 0 aromatic heterocycles. The maximum absolute atomic E-state index is 3.76. The molecule has 0 unspecified atom stereocenters.